The molecule has 0 radical (unpaired) electrons. The van der Waals surface area contributed by atoms with Gasteiger partial charge in [-0.25, -0.2) is 9.59 Å². The molecule has 1 aromatic heterocycles. The first-order valence-corrected chi connectivity index (χ1v) is 11.8. The number of urea groups is 1. The Morgan fingerprint density at radius 2 is 2.12 bits per heavy atom. The molecule has 0 aliphatic carbocycles. The molecule has 1 fully saturated rings. The molecular formula is C22H27N5O5S. The van der Waals surface area contributed by atoms with E-state index in [0.717, 1.165) is 36.6 Å². The van der Waals surface area contributed by atoms with Gasteiger partial charge in [0, 0.05) is 23.6 Å². The van der Waals surface area contributed by atoms with E-state index in [2.05, 4.69) is 20.8 Å². The molecule has 11 heteroatoms. The summed E-state index contributed by atoms with van der Waals surface area (Å²) >= 11 is 1.40. The number of aromatic nitrogens is 3. The summed E-state index contributed by atoms with van der Waals surface area (Å²) in [4.78, 5) is 24.2. The van der Waals surface area contributed by atoms with Gasteiger partial charge in [0.1, 0.15) is 5.75 Å². The lowest BCUT2D eigenvalue weighted by Gasteiger charge is -2.21. The zero-order chi connectivity index (χ0) is 23.2. The van der Waals surface area contributed by atoms with Crippen LogP contribution in [0.3, 0.4) is 0 Å². The van der Waals surface area contributed by atoms with Crippen LogP contribution < -0.4 is 15.4 Å². The highest BCUT2D eigenvalue weighted by atomic mass is 32.2. The van der Waals surface area contributed by atoms with Crippen molar-refractivity contribution in [2.24, 2.45) is 0 Å². The quantitative estimate of drug-likeness (QED) is 0.421. The van der Waals surface area contributed by atoms with E-state index < -0.39 is 5.97 Å². The molecule has 33 heavy (non-hydrogen) atoms. The van der Waals surface area contributed by atoms with Crippen LogP contribution in [-0.4, -0.2) is 65.5 Å². The number of hydrogen-bond acceptors (Lipinski definition) is 8. The van der Waals surface area contributed by atoms with Crippen molar-refractivity contribution in [3.63, 3.8) is 0 Å². The first kappa shape index (κ1) is 23.1. The van der Waals surface area contributed by atoms with Crippen molar-refractivity contribution in [1.29, 1.82) is 0 Å². The van der Waals surface area contributed by atoms with Gasteiger partial charge in [0.2, 0.25) is 0 Å². The monoisotopic (exact) mass is 473 g/mol. The maximum atomic E-state index is 12.3. The van der Waals surface area contributed by atoms with Gasteiger partial charge in [0.05, 0.1) is 38.5 Å². The van der Waals surface area contributed by atoms with Gasteiger partial charge in [-0.1, -0.05) is 11.8 Å². The number of nitrogens with one attached hydrogen (secondary N) is 2. The Balaban J connectivity index is 1.60. The first-order chi connectivity index (χ1) is 16.1. The normalized spacial score (nSPS) is 18.1. The zero-order valence-electron chi connectivity index (χ0n) is 18.6. The van der Waals surface area contributed by atoms with Crippen molar-refractivity contribution < 1.29 is 23.8 Å². The van der Waals surface area contributed by atoms with Gasteiger partial charge in [0.25, 0.3) is 0 Å². The van der Waals surface area contributed by atoms with Crippen LogP contribution >= 0.6 is 11.8 Å². The highest BCUT2D eigenvalue weighted by molar-refractivity contribution is 7.99. The molecule has 1 unspecified atom stereocenters. The smallest absolute Gasteiger partial charge is 0.337 e. The van der Waals surface area contributed by atoms with Gasteiger partial charge in [-0.3, -0.25) is 4.57 Å². The van der Waals surface area contributed by atoms with Gasteiger partial charge < -0.3 is 24.8 Å². The van der Waals surface area contributed by atoms with Crippen LogP contribution in [0.2, 0.25) is 0 Å². The van der Waals surface area contributed by atoms with Crippen LogP contribution in [0.1, 0.15) is 19.8 Å². The van der Waals surface area contributed by atoms with Gasteiger partial charge in [-0.05, 0) is 44.0 Å². The minimum atomic E-state index is -0.444. The van der Waals surface area contributed by atoms with E-state index in [0.29, 0.717) is 28.7 Å². The molecule has 2 aliphatic rings. The number of hydrogen-bond donors (Lipinski definition) is 2. The van der Waals surface area contributed by atoms with Gasteiger partial charge >= 0.3 is 12.0 Å². The molecule has 2 N–H and O–H groups in total. The summed E-state index contributed by atoms with van der Waals surface area (Å²) in [5.74, 6) is 1.39. The number of benzene rings is 1. The zero-order valence-corrected chi connectivity index (χ0v) is 19.4. The number of amides is 2. The van der Waals surface area contributed by atoms with Crippen LogP contribution in [0, 0.1) is 0 Å². The maximum absolute atomic E-state index is 12.3. The molecule has 0 saturated carbocycles. The number of thioether (sulfide) groups is 1. The molecule has 2 amide bonds. The maximum Gasteiger partial charge on any atom is 0.337 e. The summed E-state index contributed by atoms with van der Waals surface area (Å²) in [6.45, 7) is 3.50. The van der Waals surface area contributed by atoms with Gasteiger partial charge in [-0.15, -0.1) is 10.2 Å². The molecule has 0 spiro atoms. The Bertz CT molecular complexity index is 1030. The standard InChI is InChI=1S/C22H27N5O5S/c1-3-31-20(28)17-11-23-21(29)24-18(17)13-33-22-26-25-19(14-6-8-15(30-2)9-7-14)27(22)12-16-5-4-10-32-16/h6-9,16H,3-5,10-13H2,1-2H3,(H2,23,24,29). The lowest BCUT2D eigenvalue weighted by Crippen LogP contribution is -2.44. The second-order valence-corrected chi connectivity index (χ2v) is 8.50. The third kappa shape index (κ3) is 5.48. The largest absolute Gasteiger partial charge is 0.497 e. The fraction of sp³-hybridized carbons (Fsp3) is 0.455. The Labute approximate surface area is 196 Å². The molecular weight excluding hydrogens is 446 g/mol. The summed E-state index contributed by atoms with van der Waals surface area (Å²) < 4.78 is 18.3. The van der Waals surface area contributed by atoms with E-state index >= 15 is 0 Å². The average molecular weight is 474 g/mol. The van der Waals surface area contributed by atoms with Crippen molar-refractivity contribution in [2.75, 3.05) is 32.6 Å². The lowest BCUT2D eigenvalue weighted by atomic mass is 10.2. The minimum absolute atomic E-state index is 0.0882. The van der Waals surface area contributed by atoms with E-state index in [1.54, 1.807) is 14.0 Å². The Hall–Kier alpha value is -3.05. The Kier molecular flexibility index (Phi) is 7.50. The van der Waals surface area contributed by atoms with Gasteiger partial charge in [-0.2, -0.15) is 0 Å². The third-order valence-electron chi connectivity index (χ3n) is 5.40. The SMILES string of the molecule is CCOC(=O)C1=C(CSc2nnc(-c3ccc(OC)cc3)n2CC2CCCO2)NC(=O)NC1. The summed E-state index contributed by atoms with van der Waals surface area (Å²) in [7, 11) is 1.63. The number of carbonyl (C=O) groups is 2. The van der Waals surface area contributed by atoms with Crippen LogP contribution in [0.15, 0.2) is 40.7 Å². The average Bonchev–Trinajstić information content (AvgIpc) is 3.48. The third-order valence-corrected chi connectivity index (χ3v) is 6.39. The van der Waals surface area contributed by atoms with E-state index in [-0.39, 0.29) is 25.3 Å². The molecule has 1 atom stereocenters. The predicted octanol–water partition coefficient (Wildman–Crippen LogP) is 2.35. The summed E-state index contributed by atoms with van der Waals surface area (Å²) in [5.41, 5.74) is 1.83. The number of methoxy groups -OCH3 is 1. The van der Waals surface area contributed by atoms with Crippen LogP contribution in [0.25, 0.3) is 11.4 Å². The van der Waals surface area contributed by atoms with Crippen molar-refractivity contribution in [2.45, 2.75) is 37.6 Å². The van der Waals surface area contributed by atoms with Crippen LogP contribution in [-0.2, 0) is 20.8 Å². The Morgan fingerprint density at radius 1 is 1.30 bits per heavy atom. The van der Waals surface area contributed by atoms with E-state index in [9.17, 15) is 9.59 Å². The fourth-order valence-corrected chi connectivity index (χ4v) is 4.65. The van der Waals surface area contributed by atoms with Gasteiger partial charge in [0.15, 0.2) is 11.0 Å². The number of ether oxygens (including phenoxy) is 3. The van der Waals surface area contributed by atoms with E-state index in [1.807, 2.05) is 28.8 Å². The highest BCUT2D eigenvalue weighted by Crippen LogP contribution is 2.29. The molecule has 2 aliphatic heterocycles. The van der Waals surface area contributed by atoms with Crippen molar-refractivity contribution >= 4 is 23.8 Å². The molecule has 4 rings (SSSR count). The summed E-state index contributed by atoms with van der Waals surface area (Å²) in [6, 6.07) is 7.30. The van der Waals surface area contributed by atoms with Crippen molar-refractivity contribution in [3.05, 3.63) is 35.5 Å². The molecule has 0 bridgehead atoms. The minimum Gasteiger partial charge on any atom is -0.497 e. The number of esters is 1. The first-order valence-electron chi connectivity index (χ1n) is 10.8. The Morgan fingerprint density at radius 3 is 2.82 bits per heavy atom. The lowest BCUT2D eigenvalue weighted by molar-refractivity contribution is -0.138. The predicted molar refractivity (Wildman–Crippen MR) is 122 cm³/mol. The van der Waals surface area contributed by atoms with Crippen molar-refractivity contribution in [3.8, 4) is 17.1 Å². The number of carbonyl (C=O) groups excluding carboxylic acids is 2. The molecule has 3 heterocycles. The second kappa shape index (κ2) is 10.7. The second-order valence-electron chi connectivity index (χ2n) is 7.55. The van der Waals surface area contributed by atoms with Crippen molar-refractivity contribution in [1.82, 2.24) is 25.4 Å². The highest BCUT2D eigenvalue weighted by Gasteiger charge is 2.26. The number of rotatable bonds is 9. The summed E-state index contributed by atoms with van der Waals surface area (Å²) in [6.07, 6.45) is 2.09. The van der Waals surface area contributed by atoms with Crippen LogP contribution in [0.5, 0.6) is 5.75 Å². The topological polar surface area (TPSA) is 117 Å². The molecule has 2 aromatic rings. The van der Waals surface area contributed by atoms with Crippen LogP contribution in [0.4, 0.5) is 4.79 Å². The molecule has 10 nitrogen and oxygen atoms in total. The van der Waals surface area contributed by atoms with E-state index in [4.69, 9.17) is 14.2 Å². The fourth-order valence-electron chi connectivity index (χ4n) is 3.71. The molecule has 176 valence electrons. The van der Waals surface area contributed by atoms with E-state index in [1.165, 1.54) is 11.8 Å². The number of nitrogens with zero attached hydrogens (tertiary/aromatic N) is 3. The summed E-state index contributed by atoms with van der Waals surface area (Å²) in [5, 5.41) is 14.9. The molecule has 1 aromatic carbocycles. The molecule has 1 saturated heterocycles.